The number of rotatable bonds is 7. The number of nitrogens with one attached hydrogen (secondary N) is 3. The zero-order chi connectivity index (χ0) is 23.2. The minimum Gasteiger partial charge on any atom is -0.382 e. The van der Waals surface area contributed by atoms with Crippen LogP contribution in [0.3, 0.4) is 0 Å². The monoisotopic (exact) mass is 440 g/mol. The second-order valence-corrected chi connectivity index (χ2v) is 7.12. The van der Waals surface area contributed by atoms with E-state index < -0.39 is 48.3 Å². The van der Waals surface area contributed by atoms with Gasteiger partial charge in [0.25, 0.3) is 5.56 Å². The van der Waals surface area contributed by atoms with Crippen LogP contribution in [0.5, 0.6) is 0 Å². The predicted molar refractivity (Wildman–Crippen MR) is 109 cm³/mol. The van der Waals surface area contributed by atoms with Crippen molar-refractivity contribution in [2.24, 2.45) is 5.92 Å². The average molecular weight is 440 g/mol. The van der Waals surface area contributed by atoms with Crippen molar-refractivity contribution < 1.29 is 27.9 Å². The van der Waals surface area contributed by atoms with Gasteiger partial charge in [-0.15, -0.1) is 0 Å². The van der Waals surface area contributed by atoms with Crippen molar-refractivity contribution in [2.45, 2.75) is 38.7 Å². The van der Waals surface area contributed by atoms with Crippen LogP contribution in [0.1, 0.15) is 13.8 Å². The maximum Gasteiger partial charge on any atom is 0.416 e. The molecule has 2 unspecified atom stereocenters. The van der Waals surface area contributed by atoms with Gasteiger partial charge in [-0.3, -0.25) is 9.59 Å². The number of halogens is 3. The van der Waals surface area contributed by atoms with E-state index in [2.05, 4.69) is 16.0 Å². The standard InChI is InChI=1S/C20H23F3N4O4/c1-12(2)16(17(29)20(21,22)23)26-15(28)11-27-10-6-9-14(18(27)30)25-19(31)24-13-7-4-3-5-8-13/h3-10,12,16-17,29H,11H2,1-2H3,(H,26,28)(H2,24,25,31). The van der Waals surface area contributed by atoms with Crippen molar-refractivity contribution in [1.82, 2.24) is 9.88 Å². The molecule has 0 bridgehead atoms. The first-order valence-corrected chi connectivity index (χ1v) is 9.35. The molecule has 0 aliphatic heterocycles. The zero-order valence-electron chi connectivity index (χ0n) is 16.8. The molecule has 2 aromatic rings. The van der Waals surface area contributed by atoms with Crippen LogP contribution < -0.4 is 21.5 Å². The Hall–Kier alpha value is -3.34. The number of pyridine rings is 1. The summed E-state index contributed by atoms with van der Waals surface area (Å²) in [5.74, 6) is -1.61. The van der Waals surface area contributed by atoms with Crippen LogP contribution in [0, 0.1) is 5.92 Å². The highest BCUT2D eigenvalue weighted by molar-refractivity contribution is 5.99. The zero-order valence-corrected chi connectivity index (χ0v) is 16.8. The third-order valence-electron chi connectivity index (χ3n) is 4.34. The Labute approximate surface area is 176 Å². The number of alkyl halides is 3. The molecule has 1 heterocycles. The van der Waals surface area contributed by atoms with E-state index in [-0.39, 0.29) is 5.69 Å². The number of nitrogens with zero attached hydrogens (tertiary/aromatic N) is 1. The van der Waals surface area contributed by atoms with Gasteiger partial charge in [-0.1, -0.05) is 32.0 Å². The molecule has 3 amide bonds. The molecule has 0 saturated carbocycles. The first kappa shape index (κ1) is 23.9. The quantitative estimate of drug-likeness (QED) is 0.530. The molecule has 31 heavy (non-hydrogen) atoms. The number of anilines is 2. The summed E-state index contributed by atoms with van der Waals surface area (Å²) in [6.45, 7) is 2.24. The number of aromatic nitrogens is 1. The SMILES string of the molecule is CC(C)C(NC(=O)Cn1cccc(NC(=O)Nc2ccccc2)c1=O)C(O)C(F)(F)F. The summed E-state index contributed by atoms with van der Waals surface area (Å²) in [5.41, 5.74) is -0.351. The summed E-state index contributed by atoms with van der Waals surface area (Å²) in [5, 5.41) is 16.5. The number of benzene rings is 1. The lowest BCUT2D eigenvalue weighted by Crippen LogP contribution is -2.53. The topological polar surface area (TPSA) is 112 Å². The van der Waals surface area contributed by atoms with E-state index in [0.29, 0.717) is 5.69 Å². The molecule has 11 heteroatoms. The summed E-state index contributed by atoms with van der Waals surface area (Å²) in [6.07, 6.45) is -6.40. The minimum atomic E-state index is -4.91. The van der Waals surface area contributed by atoms with Gasteiger partial charge in [0.1, 0.15) is 12.2 Å². The number of aliphatic hydroxyl groups excluding tert-OH is 1. The first-order valence-electron chi connectivity index (χ1n) is 9.35. The lowest BCUT2D eigenvalue weighted by molar-refractivity contribution is -0.215. The number of hydrogen-bond acceptors (Lipinski definition) is 4. The number of urea groups is 1. The highest BCUT2D eigenvalue weighted by Crippen LogP contribution is 2.25. The summed E-state index contributed by atoms with van der Waals surface area (Å²) in [4.78, 5) is 36.8. The molecular weight excluding hydrogens is 417 g/mol. The van der Waals surface area contributed by atoms with Gasteiger partial charge < -0.3 is 25.6 Å². The molecule has 0 spiro atoms. The maximum absolute atomic E-state index is 12.8. The third-order valence-corrected chi connectivity index (χ3v) is 4.34. The Morgan fingerprint density at radius 3 is 2.29 bits per heavy atom. The minimum absolute atomic E-state index is 0.125. The first-order chi connectivity index (χ1) is 14.5. The van der Waals surface area contributed by atoms with Gasteiger partial charge in [-0.2, -0.15) is 13.2 Å². The van der Waals surface area contributed by atoms with Crippen molar-refractivity contribution in [2.75, 3.05) is 10.6 Å². The van der Waals surface area contributed by atoms with Gasteiger partial charge >= 0.3 is 12.2 Å². The van der Waals surface area contributed by atoms with Crippen LogP contribution in [0.25, 0.3) is 0 Å². The van der Waals surface area contributed by atoms with Crippen molar-refractivity contribution >= 4 is 23.3 Å². The van der Waals surface area contributed by atoms with Gasteiger partial charge in [0.2, 0.25) is 5.91 Å². The van der Waals surface area contributed by atoms with Crippen LogP contribution >= 0.6 is 0 Å². The smallest absolute Gasteiger partial charge is 0.382 e. The molecule has 0 radical (unpaired) electrons. The summed E-state index contributed by atoms with van der Waals surface area (Å²) in [7, 11) is 0. The second kappa shape index (κ2) is 10.1. The van der Waals surface area contributed by atoms with E-state index in [1.54, 1.807) is 30.3 Å². The van der Waals surface area contributed by atoms with E-state index in [4.69, 9.17) is 0 Å². The van der Waals surface area contributed by atoms with Crippen molar-refractivity contribution in [1.29, 1.82) is 0 Å². The summed E-state index contributed by atoms with van der Waals surface area (Å²) >= 11 is 0. The molecule has 2 rings (SSSR count). The van der Waals surface area contributed by atoms with E-state index in [0.717, 1.165) is 4.57 Å². The normalized spacial score (nSPS) is 13.4. The molecule has 0 saturated heterocycles. The van der Waals surface area contributed by atoms with E-state index in [1.165, 1.54) is 32.2 Å². The van der Waals surface area contributed by atoms with Crippen LogP contribution in [-0.2, 0) is 11.3 Å². The highest BCUT2D eigenvalue weighted by atomic mass is 19.4. The largest absolute Gasteiger partial charge is 0.416 e. The molecule has 168 valence electrons. The Morgan fingerprint density at radius 1 is 1.06 bits per heavy atom. The molecule has 1 aromatic heterocycles. The number of carbonyl (C=O) groups is 2. The Morgan fingerprint density at radius 2 is 1.71 bits per heavy atom. The van der Waals surface area contributed by atoms with Crippen LogP contribution in [-0.4, -0.2) is 39.9 Å². The Kier molecular flexibility index (Phi) is 7.81. The van der Waals surface area contributed by atoms with Crippen molar-refractivity contribution in [3.05, 3.63) is 59.0 Å². The molecule has 2 atom stereocenters. The third kappa shape index (κ3) is 6.85. The number of carbonyl (C=O) groups excluding carboxylic acids is 2. The lowest BCUT2D eigenvalue weighted by Gasteiger charge is -2.28. The predicted octanol–water partition coefficient (Wildman–Crippen LogP) is 2.56. The fourth-order valence-corrected chi connectivity index (χ4v) is 2.76. The molecule has 0 aliphatic carbocycles. The number of aliphatic hydroxyl groups is 1. The molecule has 0 aliphatic rings. The van der Waals surface area contributed by atoms with Crippen molar-refractivity contribution in [3.63, 3.8) is 0 Å². The Bertz CT molecular complexity index is 961. The highest BCUT2D eigenvalue weighted by Gasteiger charge is 2.45. The number of para-hydroxylation sites is 1. The van der Waals surface area contributed by atoms with Crippen LogP contribution in [0.15, 0.2) is 53.5 Å². The Balaban J connectivity index is 2.07. The summed E-state index contributed by atoms with van der Waals surface area (Å²) in [6, 6.07) is 8.94. The van der Waals surface area contributed by atoms with Crippen LogP contribution in [0.4, 0.5) is 29.3 Å². The van der Waals surface area contributed by atoms with E-state index in [1.807, 2.05) is 0 Å². The van der Waals surface area contributed by atoms with Crippen LogP contribution in [0.2, 0.25) is 0 Å². The van der Waals surface area contributed by atoms with Gasteiger partial charge in [0.05, 0.1) is 6.04 Å². The molecular formula is C20H23F3N4O4. The maximum atomic E-state index is 12.8. The van der Waals surface area contributed by atoms with Gasteiger partial charge in [-0.25, -0.2) is 4.79 Å². The molecule has 8 nitrogen and oxygen atoms in total. The number of hydrogen-bond donors (Lipinski definition) is 4. The second-order valence-electron chi connectivity index (χ2n) is 7.12. The van der Waals surface area contributed by atoms with Crippen molar-refractivity contribution in [3.8, 4) is 0 Å². The van der Waals surface area contributed by atoms with Gasteiger partial charge in [0, 0.05) is 11.9 Å². The summed E-state index contributed by atoms with van der Waals surface area (Å²) < 4.78 is 39.4. The fraction of sp³-hybridized carbons (Fsp3) is 0.350. The molecule has 4 N–H and O–H groups in total. The number of amides is 3. The van der Waals surface area contributed by atoms with Gasteiger partial charge in [-0.05, 0) is 30.2 Å². The lowest BCUT2D eigenvalue weighted by atomic mass is 9.98. The fourth-order valence-electron chi connectivity index (χ4n) is 2.76. The van der Waals surface area contributed by atoms with Gasteiger partial charge in [0.15, 0.2) is 6.10 Å². The van der Waals surface area contributed by atoms with E-state index in [9.17, 15) is 32.7 Å². The molecule has 0 fully saturated rings. The molecule has 1 aromatic carbocycles. The van der Waals surface area contributed by atoms with E-state index >= 15 is 0 Å². The average Bonchev–Trinajstić information content (AvgIpc) is 2.68.